The minimum absolute atomic E-state index is 0.160. The van der Waals surface area contributed by atoms with Crippen molar-refractivity contribution in [3.8, 4) is 0 Å². The Morgan fingerprint density at radius 1 is 1.57 bits per heavy atom. The van der Waals surface area contributed by atoms with Gasteiger partial charge in [0.2, 0.25) is 6.17 Å². The highest BCUT2D eigenvalue weighted by Gasteiger charge is 2.23. The summed E-state index contributed by atoms with van der Waals surface area (Å²) < 4.78 is 30.3. The first-order chi connectivity index (χ1) is 6.56. The SMILES string of the molecule is COC(=O)C(F)c1cc(Cl)ccc1F. The molecule has 0 fully saturated rings. The van der Waals surface area contributed by atoms with Crippen molar-refractivity contribution in [3.63, 3.8) is 0 Å². The Bertz CT molecular complexity index is 355. The van der Waals surface area contributed by atoms with E-state index >= 15 is 0 Å². The van der Waals surface area contributed by atoms with Crippen LogP contribution in [0.3, 0.4) is 0 Å². The minimum Gasteiger partial charge on any atom is -0.467 e. The van der Waals surface area contributed by atoms with Crippen LogP contribution in [0.2, 0.25) is 5.02 Å². The number of rotatable bonds is 2. The summed E-state index contributed by atoms with van der Waals surface area (Å²) in [5.74, 6) is -1.97. The van der Waals surface area contributed by atoms with Gasteiger partial charge in [-0.2, -0.15) is 0 Å². The Labute approximate surface area is 84.4 Å². The average molecular weight is 221 g/mol. The van der Waals surface area contributed by atoms with E-state index in [1.807, 2.05) is 0 Å². The fourth-order valence-electron chi connectivity index (χ4n) is 0.939. The van der Waals surface area contributed by atoms with Gasteiger partial charge in [-0.05, 0) is 18.2 Å². The molecule has 76 valence electrons. The van der Waals surface area contributed by atoms with Crippen molar-refractivity contribution in [2.24, 2.45) is 0 Å². The number of hydrogen-bond donors (Lipinski definition) is 0. The lowest BCUT2D eigenvalue weighted by atomic mass is 10.1. The van der Waals surface area contributed by atoms with Gasteiger partial charge in [0, 0.05) is 10.6 Å². The monoisotopic (exact) mass is 220 g/mol. The molecule has 14 heavy (non-hydrogen) atoms. The lowest BCUT2D eigenvalue weighted by Gasteiger charge is -2.07. The van der Waals surface area contributed by atoms with Crippen LogP contribution >= 0.6 is 11.6 Å². The quantitative estimate of drug-likeness (QED) is 0.717. The molecule has 1 aromatic rings. The van der Waals surface area contributed by atoms with E-state index in [0.717, 1.165) is 19.2 Å². The van der Waals surface area contributed by atoms with Gasteiger partial charge in [0.25, 0.3) is 0 Å². The zero-order chi connectivity index (χ0) is 10.7. The van der Waals surface area contributed by atoms with Gasteiger partial charge in [-0.15, -0.1) is 0 Å². The third-order valence-corrected chi connectivity index (χ3v) is 1.87. The second kappa shape index (κ2) is 4.37. The first-order valence-electron chi connectivity index (χ1n) is 3.73. The molecule has 0 amide bonds. The molecule has 0 N–H and O–H groups in total. The number of esters is 1. The van der Waals surface area contributed by atoms with Gasteiger partial charge in [-0.1, -0.05) is 11.6 Å². The molecule has 0 heterocycles. The number of benzene rings is 1. The molecule has 0 spiro atoms. The average Bonchev–Trinajstić information content (AvgIpc) is 2.19. The van der Waals surface area contributed by atoms with Crippen molar-refractivity contribution in [1.82, 2.24) is 0 Å². The third-order valence-electron chi connectivity index (χ3n) is 1.64. The highest BCUT2D eigenvalue weighted by Crippen LogP contribution is 2.24. The maximum absolute atomic E-state index is 13.2. The molecular formula is C9H7ClF2O2. The van der Waals surface area contributed by atoms with Crippen LogP contribution in [0.5, 0.6) is 0 Å². The van der Waals surface area contributed by atoms with Crippen molar-refractivity contribution in [2.75, 3.05) is 7.11 Å². The molecule has 0 aliphatic heterocycles. The number of halogens is 3. The number of carbonyl (C=O) groups is 1. The molecule has 0 aliphatic carbocycles. The number of ether oxygens (including phenoxy) is 1. The van der Waals surface area contributed by atoms with E-state index in [1.54, 1.807) is 0 Å². The highest BCUT2D eigenvalue weighted by molar-refractivity contribution is 6.30. The van der Waals surface area contributed by atoms with Crippen LogP contribution in [0.4, 0.5) is 8.78 Å². The van der Waals surface area contributed by atoms with E-state index in [9.17, 15) is 13.6 Å². The summed E-state index contributed by atoms with van der Waals surface area (Å²) in [6, 6.07) is 3.32. The molecular weight excluding hydrogens is 214 g/mol. The van der Waals surface area contributed by atoms with E-state index in [2.05, 4.69) is 4.74 Å². The molecule has 2 nitrogen and oxygen atoms in total. The molecule has 5 heteroatoms. The molecule has 0 aromatic heterocycles. The molecule has 0 saturated heterocycles. The summed E-state index contributed by atoms with van der Waals surface area (Å²) >= 11 is 5.52. The molecule has 0 aliphatic rings. The van der Waals surface area contributed by atoms with Crippen molar-refractivity contribution in [3.05, 3.63) is 34.6 Å². The number of methoxy groups -OCH3 is 1. The number of carbonyl (C=O) groups excluding carboxylic acids is 1. The smallest absolute Gasteiger partial charge is 0.345 e. The van der Waals surface area contributed by atoms with Gasteiger partial charge < -0.3 is 4.74 Å². The Hall–Kier alpha value is -1.16. The Kier molecular flexibility index (Phi) is 3.41. The Morgan fingerprint density at radius 2 is 2.21 bits per heavy atom. The predicted octanol–water partition coefficient (Wildman–Crippen LogP) is 2.66. The van der Waals surface area contributed by atoms with Gasteiger partial charge >= 0.3 is 5.97 Å². The van der Waals surface area contributed by atoms with Crippen molar-refractivity contribution < 1.29 is 18.3 Å². The maximum atomic E-state index is 13.2. The fourth-order valence-corrected chi connectivity index (χ4v) is 1.12. The van der Waals surface area contributed by atoms with Gasteiger partial charge in [0.05, 0.1) is 7.11 Å². The van der Waals surface area contributed by atoms with E-state index in [4.69, 9.17) is 11.6 Å². The van der Waals surface area contributed by atoms with Crippen LogP contribution < -0.4 is 0 Å². The number of alkyl halides is 1. The molecule has 1 rings (SSSR count). The van der Waals surface area contributed by atoms with Gasteiger partial charge in [0.1, 0.15) is 5.82 Å². The fraction of sp³-hybridized carbons (Fsp3) is 0.222. The summed E-state index contributed by atoms with van der Waals surface area (Å²) in [6.45, 7) is 0. The molecule has 0 bridgehead atoms. The molecule has 0 radical (unpaired) electrons. The van der Waals surface area contributed by atoms with Crippen LogP contribution in [0.15, 0.2) is 18.2 Å². The number of hydrogen-bond acceptors (Lipinski definition) is 2. The standard InChI is InChI=1S/C9H7ClF2O2/c1-14-9(13)8(12)6-4-5(10)2-3-7(6)11/h2-4,8H,1H3. The van der Waals surface area contributed by atoms with E-state index < -0.39 is 23.5 Å². The van der Waals surface area contributed by atoms with Crippen LogP contribution in [0, 0.1) is 5.82 Å². The van der Waals surface area contributed by atoms with Crippen LogP contribution in [0.25, 0.3) is 0 Å². The van der Waals surface area contributed by atoms with Crippen molar-refractivity contribution in [2.45, 2.75) is 6.17 Å². The molecule has 1 aromatic carbocycles. The van der Waals surface area contributed by atoms with Gasteiger partial charge in [-0.3, -0.25) is 0 Å². The summed E-state index contributed by atoms with van der Waals surface area (Å²) in [7, 11) is 1.03. The highest BCUT2D eigenvalue weighted by atomic mass is 35.5. The van der Waals surface area contributed by atoms with Crippen molar-refractivity contribution in [1.29, 1.82) is 0 Å². The topological polar surface area (TPSA) is 26.3 Å². The largest absolute Gasteiger partial charge is 0.467 e. The van der Waals surface area contributed by atoms with Gasteiger partial charge in [-0.25, -0.2) is 13.6 Å². The molecule has 1 atom stereocenters. The van der Waals surface area contributed by atoms with Crippen molar-refractivity contribution >= 4 is 17.6 Å². The van der Waals surface area contributed by atoms with E-state index in [0.29, 0.717) is 0 Å². The lowest BCUT2D eigenvalue weighted by molar-refractivity contribution is -0.146. The van der Waals surface area contributed by atoms with Crippen LogP contribution in [-0.4, -0.2) is 13.1 Å². The van der Waals surface area contributed by atoms with Crippen LogP contribution in [0.1, 0.15) is 11.7 Å². The normalized spacial score (nSPS) is 12.3. The first-order valence-corrected chi connectivity index (χ1v) is 4.11. The Morgan fingerprint density at radius 3 is 2.79 bits per heavy atom. The Balaban J connectivity index is 3.05. The first kappa shape index (κ1) is 10.9. The summed E-state index contributed by atoms with van der Waals surface area (Å²) in [5, 5.41) is 0.160. The minimum atomic E-state index is -2.14. The van der Waals surface area contributed by atoms with E-state index in [-0.39, 0.29) is 5.02 Å². The molecule has 0 saturated carbocycles. The van der Waals surface area contributed by atoms with Crippen LogP contribution in [-0.2, 0) is 9.53 Å². The summed E-state index contributed by atoms with van der Waals surface area (Å²) in [5.41, 5.74) is -0.413. The summed E-state index contributed by atoms with van der Waals surface area (Å²) in [6.07, 6.45) is -2.14. The summed E-state index contributed by atoms with van der Waals surface area (Å²) in [4.78, 5) is 10.8. The second-order valence-corrected chi connectivity index (χ2v) is 2.99. The lowest BCUT2D eigenvalue weighted by Crippen LogP contribution is -2.11. The second-order valence-electron chi connectivity index (χ2n) is 2.55. The zero-order valence-electron chi connectivity index (χ0n) is 7.26. The zero-order valence-corrected chi connectivity index (χ0v) is 8.02. The van der Waals surface area contributed by atoms with Gasteiger partial charge in [0.15, 0.2) is 0 Å². The molecule has 1 unspecified atom stereocenters. The third kappa shape index (κ3) is 2.20. The predicted molar refractivity (Wildman–Crippen MR) is 47.3 cm³/mol. The van der Waals surface area contributed by atoms with E-state index in [1.165, 1.54) is 6.07 Å². The maximum Gasteiger partial charge on any atom is 0.345 e.